The molecule has 1 heterocycles. The van der Waals surface area contributed by atoms with Gasteiger partial charge in [0.2, 0.25) is 5.95 Å². The third-order valence-corrected chi connectivity index (χ3v) is 3.82. The Morgan fingerprint density at radius 1 is 1.07 bits per heavy atom. The summed E-state index contributed by atoms with van der Waals surface area (Å²) in [5, 5.41) is 6.59. The van der Waals surface area contributed by atoms with E-state index in [0.717, 1.165) is 11.3 Å². The normalized spacial score (nSPS) is 12.4. The molecule has 0 radical (unpaired) electrons. The Labute approximate surface area is 155 Å². The molecule has 27 heavy (non-hydrogen) atoms. The van der Waals surface area contributed by atoms with Gasteiger partial charge >= 0.3 is 0 Å². The Bertz CT molecular complexity index is 884. The van der Waals surface area contributed by atoms with Crippen LogP contribution in [0.1, 0.15) is 17.2 Å². The smallest absolute Gasteiger partial charge is 0.223 e. The lowest BCUT2D eigenvalue weighted by atomic mass is 10.1. The van der Waals surface area contributed by atoms with E-state index in [9.17, 15) is 4.39 Å². The first-order valence-electron chi connectivity index (χ1n) is 8.21. The second-order valence-electron chi connectivity index (χ2n) is 5.68. The summed E-state index contributed by atoms with van der Waals surface area (Å²) in [5.74, 6) is 6.09. The first-order valence-corrected chi connectivity index (χ1v) is 8.21. The second kappa shape index (κ2) is 8.61. The largest absolute Gasteiger partial charge is 0.491 e. The summed E-state index contributed by atoms with van der Waals surface area (Å²) in [6.07, 6.45) is 3.03. The van der Waals surface area contributed by atoms with Crippen molar-refractivity contribution in [1.29, 1.82) is 0 Å². The topological polar surface area (TPSA) is 111 Å². The van der Waals surface area contributed by atoms with Crippen LogP contribution >= 0.6 is 0 Å². The highest BCUT2D eigenvalue weighted by molar-refractivity contribution is 5.96. The number of anilines is 1. The van der Waals surface area contributed by atoms with E-state index >= 15 is 0 Å². The molecule has 0 saturated carbocycles. The molecule has 1 aromatic heterocycles. The molecule has 3 rings (SSSR count). The first kappa shape index (κ1) is 18.1. The molecule has 0 aliphatic carbocycles. The summed E-state index contributed by atoms with van der Waals surface area (Å²) in [4.78, 5) is 8.43. The molecule has 0 bridgehead atoms. The predicted octanol–water partition coefficient (Wildman–Crippen LogP) is 2.43. The summed E-state index contributed by atoms with van der Waals surface area (Å²) in [6.45, 7) is 0.299. The van der Waals surface area contributed by atoms with Gasteiger partial charge in [0, 0.05) is 12.4 Å². The number of halogens is 1. The molecule has 0 spiro atoms. The third kappa shape index (κ3) is 4.91. The number of benzene rings is 2. The number of hydrogen-bond acceptors (Lipinski definition) is 6. The molecule has 3 aromatic rings. The van der Waals surface area contributed by atoms with E-state index in [-0.39, 0.29) is 17.7 Å². The molecule has 1 atom stereocenters. The lowest BCUT2D eigenvalue weighted by Crippen LogP contribution is -2.21. The average molecular weight is 366 g/mol. The van der Waals surface area contributed by atoms with Crippen molar-refractivity contribution < 1.29 is 9.13 Å². The maximum absolute atomic E-state index is 13.3. The third-order valence-electron chi connectivity index (χ3n) is 3.82. The van der Waals surface area contributed by atoms with Gasteiger partial charge in [-0.05, 0) is 29.8 Å². The molecular formula is C19H19FN6O. The summed E-state index contributed by atoms with van der Waals surface area (Å²) in [5.41, 5.74) is 6.98. The van der Waals surface area contributed by atoms with E-state index < -0.39 is 0 Å². The van der Waals surface area contributed by atoms with E-state index in [1.165, 1.54) is 24.5 Å². The predicted molar refractivity (Wildman–Crippen MR) is 102 cm³/mol. The molecule has 0 aliphatic rings. The highest BCUT2D eigenvalue weighted by atomic mass is 19.1. The average Bonchev–Trinajstić information content (AvgIpc) is 2.72. The van der Waals surface area contributed by atoms with E-state index in [1.54, 1.807) is 12.1 Å². The number of amidine groups is 1. The van der Waals surface area contributed by atoms with Crippen LogP contribution in [0, 0.1) is 5.82 Å². The molecule has 0 fully saturated rings. The summed E-state index contributed by atoms with van der Waals surface area (Å²) < 4.78 is 19.1. The number of aromatic nitrogens is 2. The minimum Gasteiger partial charge on any atom is -0.491 e. The van der Waals surface area contributed by atoms with Crippen molar-refractivity contribution in [2.24, 2.45) is 16.7 Å². The fourth-order valence-corrected chi connectivity index (χ4v) is 2.38. The number of ether oxygens (including phenoxy) is 1. The van der Waals surface area contributed by atoms with Crippen LogP contribution in [0.2, 0.25) is 0 Å². The van der Waals surface area contributed by atoms with Gasteiger partial charge in [0.05, 0.1) is 11.6 Å². The van der Waals surface area contributed by atoms with Crippen molar-refractivity contribution in [2.45, 2.75) is 6.04 Å². The highest BCUT2D eigenvalue weighted by Crippen LogP contribution is 2.20. The summed E-state index contributed by atoms with van der Waals surface area (Å²) in [6, 6.07) is 15.3. The number of nitrogens with two attached hydrogens (primary N) is 2. The van der Waals surface area contributed by atoms with Gasteiger partial charge in [-0.25, -0.2) is 14.4 Å². The van der Waals surface area contributed by atoms with Gasteiger partial charge in [-0.3, -0.25) is 0 Å². The van der Waals surface area contributed by atoms with Crippen LogP contribution in [0.15, 0.2) is 72.1 Å². The van der Waals surface area contributed by atoms with Crippen molar-refractivity contribution in [2.75, 3.05) is 11.9 Å². The zero-order valence-electron chi connectivity index (χ0n) is 14.4. The number of nitrogens with one attached hydrogen (secondary N) is 1. The Balaban J connectivity index is 1.77. The van der Waals surface area contributed by atoms with Crippen molar-refractivity contribution in [3.05, 3.63) is 83.9 Å². The maximum Gasteiger partial charge on any atom is 0.223 e. The SMILES string of the molecule is N/N=C(\N)c1cnc(NC(COc2ccccc2)c2ccc(F)cc2)nc1. The van der Waals surface area contributed by atoms with Gasteiger partial charge in [-0.2, -0.15) is 5.10 Å². The lowest BCUT2D eigenvalue weighted by molar-refractivity contribution is 0.298. The van der Waals surface area contributed by atoms with Crippen LogP contribution in [0.4, 0.5) is 10.3 Å². The molecule has 1 unspecified atom stereocenters. The fourth-order valence-electron chi connectivity index (χ4n) is 2.38. The van der Waals surface area contributed by atoms with Gasteiger partial charge in [-0.1, -0.05) is 30.3 Å². The number of rotatable bonds is 7. The van der Waals surface area contributed by atoms with Crippen LogP contribution in [0.5, 0.6) is 5.75 Å². The standard InChI is InChI=1S/C19H19FN6O/c20-15-8-6-13(7-9-15)17(12-27-16-4-2-1-3-5-16)25-19-23-10-14(11-24-19)18(21)26-22/h1-11,17H,12,22H2,(H2,21,26)(H,23,24,25). The van der Waals surface area contributed by atoms with Crippen molar-refractivity contribution in [1.82, 2.24) is 9.97 Å². The van der Waals surface area contributed by atoms with Crippen LogP contribution < -0.4 is 21.6 Å². The summed E-state index contributed by atoms with van der Waals surface area (Å²) >= 11 is 0. The Kier molecular flexibility index (Phi) is 5.78. The second-order valence-corrected chi connectivity index (χ2v) is 5.68. The van der Waals surface area contributed by atoms with Crippen LogP contribution in [-0.2, 0) is 0 Å². The van der Waals surface area contributed by atoms with E-state index in [2.05, 4.69) is 20.4 Å². The quantitative estimate of drug-likeness (QED) is 0.256. The molecule has 7 nitrogen and oxygen atoms in total. The number of para-hydroxylation sites is 1. The van der Waals surface area contributed by atoms with E-state index in [0.29, 0.717) is 18.1 Å². The molecule has 5 N–H and O–H groups in total. The molecule has 138 valence electrons. The van der Waals surface area contributed by atoms with Crippen molar-refractivity contribution in [3.8, 4) is 5.75 Å². The van der Waals surface area contributed by atoms with Gasteiger partial charge < -0.3 is 21.6 Å². The maximum atomic E-state index is 13.3. The Morgan fingerprint density at radius 3 is 2.37 bits per heavy atom. The van der Waals surface area contributed by atoms with E-state index in [4.69, 9.17) is 16.3 Å². The highest BCUT2D eigenvalue weighted by Gasteiger charge is 2.14. The zero-order chi connectivity index (χ0) is 19.1. The fraction of sp³-hybridized carbons (Fsp3) is 0.105. The van der Waals surface area contributed by atoms with Gasteiger partial charge in [0.15, 0.2) is 5.84 Å². The zero-order valence-corrected chi connectivity index (χ0v) is 14.4. The molecule has 0 amide bonds. The minimum atomic E-state index is -0.307. The van der Waals surface area contributed by atoms with Gasteiger partial charge in [0.1, 0.15) is 18.2 Å². The molecule has 2 aromatic carbocycles. The van der Waals surface area contributed by atoms with Crippen molar-refractivity contribution in [3.63, 3.8) is 0 Å². The number of hydrazone groups is 1. The molecule has 0 aliphatic heterocycles. The Morgan fingerprint density at radius 2 is 1.74 bits per heavy atom. The molecular weight excluding hydrogens is 347 g/mol. The molecule has 0 saturated heterocycles. The summed E-state index contributed by atoms with van der Waals surface area (Å²) in [7, 11) is 0. The van der Waals surface area contributed by atoms with E-state index in [1.807, 2.05) is 30.3 Å². The lowest BCUT2D eigenvalue weighted by Gasteiger charge is -2.20. The van der Waals surface area contributed by atoms with Gasteiger partial charge in [0.25, 0.3) is 0 Å². The first-order chi connectivity index (χ1) is 13.2. The van der Waals surface area contributed by atoms with Crippen LogP contribution in [0.25, 0.3) is 0 Å². The van der Waals surface area contributed by atoms with Gasteiger partial charge in [-0.15, -0.1) is 0 Å². The minimum absolute atomic E-state index is 0.143. The number of hydrogen-bond donors (Lipinski definition) is 3. The van der Waals surface area contributed by atoms with Crippen molar-refractivity contribution >= 4 is 11.8 Å². The Hall–Kier alpha value is -3.68. The monoisotopic (exact) mass is 366 g/mol. The van der Waals surface area contributed by atoms with Crippen LogP contribution in [-0.4, -0.2) is 22.4 Å². The molecule has 8 heteroatoms. The number of nitrogens with zero attached hydrogens (tertiary/aromatic N) is 3. The van der Waals surface area contributed by atoms with Crippen LogP contribution in [0.3, 0.4) is 0 Å².